The zero-order chi connectivity index (χ0) is 13.8. The van der Waals surface area contributed by atoms with E-state index in [-0.39, 0.29) is 0 Å². The lowest BCUT2D eigenvalue weighted by Crippen LogP contribution is -2.27. The van der Waals surface area contributed by atoms with Crippen molar-refractivity contribution in [3.8, 4) is 0 Å². The summed E-state index contributed by atoms with van der Waals surface area (Å²) in [4.78, 5) is 6.87. The normalized spacial score (nSPS) is 13.3. The van der Waals surface area contributed by atoms with Gasteiger partial charge in [0.2, 0.25) is 5.89 Å². The van der Waals surface area contributed by atoms with Gasteiger partial charge in [0.1, 0.15) is 5.52 Å². The van der Waals surface area contributed by atoms with E-state index in [1.165, 1.54) is 6.42 Å². The third-order valence-electron chi connectivity index (χ3n) is 3.53. The molecule has 0 fully saturated rings. The van der Waals surface area contributed by atoms with Crippen LogP contribution in [0, 0.1) is 5.92 Å². The van der Waals surface area contributed by atoms with Crippen LogP contribution in [0.25, 0.3) is 11.1 Å². The lowest BCUT2D eigenvalue weighted by atomic mass is 10.1. The van der Waals surface area contributed by atoms with E-state index >= 15 is 0 Å². The number of nitrogens with two attached hydrogens (primary N) is 1. The molecule has 1 atom stereocenters. The highest BCUT2D eigenvalue weighted by Gasteiger charge is 2.12. The van der Waals surface area contributed by atoms with Crippen LogP contribution in [-0.4, -0.2) is 23.0 Å². The zero-order valence-corrected chi connectivity index (χ0v) is 12.0. The van der Waals surface area contributed by atoms with Crippen LogP contribution in [-0.2, 0) is 6.54 Å². The predicted molar refractivity (Wildman–Crippen MR) is 78.8 cm³/mol. The Labute approximate surface area is 114 Å². The SMILES string of the molecule is CCC(C)CN(CC)Cc1nc2cc(N)ccc2o1. The Morgan fingerprint density at radius 1 is 1.37 bits per heavy atom. The second kappa shape index (κ2) is 6.06. The van der Waals surface area contributed by atoms with Gasteiger partial charge in [-0.2, -0.15) is 0 Å². The number of hydrogen-bond donors (Lipinski definition) is 1. The number of rotatable bonds is 6. The maximum Gasteiger partial charge on any atom is 0.209 e. The summed E-state index contributed by atoms with van der Waals surface area (Å²) >= 11 is 0. The molecule has 0 bridgehead atoms. The fourth-order valence-corrected chi connectivity index (χ4v) is 2.13. The highest BCUT2D eigenvalue weighted by atomic mass is 16.3. The Morgan fingerprint density at radius 2 is 2.16 bits per heavy atom. The van der Waals surface area contributed by atoms with Gasteiger partial charge in [0.15, 0.2) is 5.58 Å². The van der Waals surface area contributed by atoms with Gasteiger partial charge in [-0.05, 0) is 30.7 Å². The number of anilines is 1. The van der Waals surface area contributed by atoms with Crippen molar-refractivity contribution < 1.29 is 4.42 Å². The molecule has 0 spiro atoms. The lowest BCUT2D eigenvalue weighted by Gasteiger charge is -2.21. The van der Waals surface area contributed by atoms with E-state index in [2.05, 4.69) is 30.7 Å². The molecule has 1 heterocycles. The molecule has 0 aliphatic heterocycles. The minimum absolute atomic E-state index is 0.694. The molecule has 2 N–H and O–H groups in total. The fourth-order valence-electron chi connectivity index (χ4n) is 2.13. The average molecular weight is 261 g/mol. The van der Waals surface area contributed by atoms with Gasteiger partial charge in [-0.15, -0.1) is 0 Å². The van der Waals surface area contributed by atoms with E-state index in [4.69, 9.17) is 10.2 Å². The Balaban J connectivity index is 2.10. The largest absolute Gasteiger partial charge is 0.439 e. The van der Waals surface area contributed by atoms with Crippen molar-refractivity contribution in [3.63, 3.8) is 0 Å². The molecule has 19 heavy (non-hydrogen) atoms. The highest BCUT2D eigenvalue weighted by Crippen LogP contribution is 2.19. The van der Waals surface area contributed by atoms with Gasteiger partial charge in [-0.1, -0.05) is 27.2 Å². The summed E-state index contributed by atoms with van der Waals surface area (Å²) in [5.41, 5.74) is 8.13. The Kier molecular flexibility index (Phi) is 4.43. The topological polar surface area (TPSA) is 55.3 Å². The highest BCUT2D eigenvalue weighted by molar-refractivity contribution is 5.76. The van der Waals surface area contributed by atoms with E-state index < -0.39 is 0 Å². The van der Waals surface area contributed by atoms with Crippen molar-refractivity contribution in [2.75, 3.05) is 18.8 Å². The van der Waals surface area contributed by atoms with Gasteiger partial charge in [0.25, 0.3) is 0 Å². The van der Waals surface area contributed by atoms with Crippen molar-refractivity contribution in [1.29, 1.82) is 0 Å². The van der Waals surface area contributed by atoms with E-state index in [0.717, 1.165) is 42.3 Å². The van der Waals surface area contributed by atoms with Gasteiger partial charge in [0, 0.05) is 12.2 Å². The maximum atomic E-state index is 5.76. The lowest BCUT2D eigenvalue weighted by molar-refractivity contribution is 0.219. The van der Waals surface area contributed by atoms with E-state index in [1.807, 2.05) is 18.2 Å². The van der Waals surface area contributed by atoms with Crippen LogP contribution in [0.5, 0.6) is 0 Å². The number of nitrogens with zero attached hydrogens (tertiary/aromatic N) is 2. The van der Waals surface area contributed by atoms with Gasteiger partial charge in [-0.3, -0.25) is 4.90 Å². The molecule has 4 nitrogen and oxygen atoms in total. The molecule has 1 aromatic heterocycles. The van der Waals surface area contributed by atoms with Crippen LogP contribution in [0.1, 0.15) is 33.1 Å². The number of aromatic nitrogens is 1. The molecular weight excluding hydrogens is 238 g/mol. The molecular formula is C15H23N3O. The van der Waals surface area contributed by atoms with Crippen molar-refractivity contribution in [2.45, 2.75) is 33.7 Å². The zero-order valence-electron chi connectivity index (χ0n) is 12.0. The molecule has 104 valence electrons. The van der Waals surface area contributed by atoms with Gasteiger partial charge < -0.3 is 10.2 Å². The summed E-state index contributed by atoms with van der Waals surface area (Å²) in [6.07, 6.45) is 1.20. The van der Waals surface area contributed by atoms with Crippen LogP contribution < -0.4 is 5.73 Å². The molecule has 1 unspecified atom stereocenters. The first-order valence-corrected chi connectivity index (χ1v) is 6.99. The minimum Gasteiger partial charge on any atom is -0.439 e. The summed E-state index contributed by atoms with van der Waals surface area (Å²) in [6.45, 7) is 9.51. The maximum absolute atomic E-state index is 5.76. The molecule has 0 saturated heterocycles. The fraction of sp³-hybridized carbons (Fsp3) is 0.533. The Morgan fingerprint density at radius 3 is 2.84 bits per heavy atom. The molecule has 0 aliphatic carbocycles. The molecule has 0 aliphatic rings. The van der Waals surface area contributed by atoms with E-state index in [0.29, 0.717) is 5.92 Å². The van der Waals surface area contributed by atoms with Crippen LogP contribution in [0.15, 0.2) is 22.6 Å². The molecule has 0 saturated carbocycles. The first kappa shape index (κ1) is 13.9. The number of nitrogen functional groups attached to an aromatic ring is 1. The van der Waals surface area contributed by atoms with Crippen LogP contribution >= 0.6 is 0 Å². The van der Waals surface area contributed by atoms with Crippen molar-refractivity contribution >= 4 is 16.8 Å². The van der Waals surface area contributed by atoms with E-state index in [1.54, 1.807) is 0 Å². The van der Waals surface area contributed by atoms with Gasteiger partial charge in [-0.25, -0.2) is 4.98 Å². The monoisotopic (exact) mass is 261 g/mol. The predicted octanol–water partition coefficient (Wildman–Crippen LogP) is 3.28. The first-order valence-electron chi connectivity index (χ1n) is 6.99. The summed E-state index contributed by atoms with van der Waals surface area (Å²) in [7, 11) is 0. The average Bonchev–Trinajstić information content (AvgIpc) is 2.79. The third kappa shape index (κ3) is 3.47. The Hall–Kier alpha value is -1.55. The number of fused-ring (bicyclic) bond motifs is 1. The molecule has 0 amide bonds. The van der Waals surface area contributed by atoms with Crippen molar-refractivity contribution in [2.24, 2.45) is 5.92 Å². The van der Waals surface area contributed by atoms with Gasteiger partial charge >= 0.3 is 0 Å². The van der Waals surface area contributed by atoms with Crippen LogP contribution in [0.2, 0.25) is 0 Å². The second-order valence-electron chi connectivity index (χ2n) is 5.18. The molecule has 4 heteroatoms. The smallest absolute Gasteiger partial charge is 0.209 e. The number of oxazole rings is 1. The minimum atomic E-state index is 0.694. The first-order chi connectivity index (χ1) is 9.12. The number of hydrogen-bond acceptors (Lipinski definition) is 4. The summed E-state index contributed by atoms with van der Waals surface area (Å²) < 4.78 is 5.76. The second-order valence-corrected chi connectivity index (χ2v) is 5.18. The van der Waals surface area contributed by atoms with Crippen molar-refractivity contribution in [1.82, 2.24) is 9.88 Å². The standard InChI is InChI=1S/C15H23N3O/c1-4-11(3)9-18(5-2)10-15-17-13-8-12(16)6-7-14(13)19-15/h6-8,11H,4-5,9-10,16H2,1-3H3. The quantitative estimate of drug-likeness (QED) is 0.811. The summed E-state index contributed by atoms with van der Waals surface area (Å²) in [6, 6.07) is 5.58. The van der Waals surface area contributed by atoms with Crippen LogP contribution in [0.4, 0.5) is 5.69 Å². The summed E-state index contributed by atoms with van der Waals surface area (Å²) in [5, 5.41) is 0. The third-order valence-corrected chi connectivity index (χ3v) is 3.53. The summed E-state index contributed by atoms with van der Waals surface area (Å²) in [5.74, 6) is 1.46. The van der Waals surface area contributed by atoms with E-state index in [9.17, 15) is 0 Å². The van der Waals surface area contributed by atoms with Gasteiger partial charge in [0.05, 0.1) is 6.54 Å². The Bertz CT molecular complexity index is 535. The molecule has 1 aromatic carbocycles. The van der Waals surface area contributed by atoms with Crippen molar-refractivity contribution in [3.05, 3.63) is 24.1 Å². The number of benzene rings is 1. The molecule has 0 radical (unpaired) electrons. The molecule has 2 rings (SSSR count). The molecule has 2 aromatic rings. The van der Waals surface area contributed by atoms with Crippen LogP contribution in [0.3, 0.4) is 0 Å².